The average Bonchev–Trinajstić information content (AvgIpc) is 2.90. The fourth-order valence-electron chi connectivity index (χ4n) is 3.79. The quantitative estimate of drug-likeness (QED) is 0.245. The molecule has 0 aliphatic carbocycles. The normalized spacial score (nSPS) is 12.5. The molecule has 0 radical (unpaired) electrons. The molecule has 0 fully saturated rings. The number of benzene rings is 3. The summed E-state index contributed by atoms with van der Waals surface area (Å²) in [6.45, 7) is 3.73. The number of fused-ring (bicyclic) bond motifs is 1. The first-order valence-corrected chi connectivity index (χ1v) is 11.9. The topological polar surface area (TPSA) is 115 Å². The van der Waals surface area contributed by atoms with Crippen molar-refractivity contribution in [3.05, 3.63) is 94.6 Å². The van der Waals surface area contributed by atoms with E-state index < -0.39 is 23.5 Å². The monoisotopic (exact) mass is 501 g/mol. The molecule has 4 rings (SSSR count). The zero-order chi connectivity index (χ0) is 26.4. The van der Waals surface area contributed by atoms with E-state index in [-0.39, 0.29) is 35.0 Å². The Kier molecular flexibility index (Phi) is 7.88. The maximum absolute atomic E-state index is 13.1. The Morgan fingerprint density at radius 1 is 1.00 bits per heavy atom. The van der Waals surface area contributed by atoms with Gasteiger partial charge in [0.1, 0.15) is 40.9 Å². The second kappa shape index (κ2) is 11.4. The van der Waals surface area contributed by atoms with Crippen molar-refractivity contribution in [1.29, 1.82) is 0 Å². The van der Waals surface area contributed by atoms with Crippen LogP contribution in [0.1, 0.15) is 25.8 Å². The molecule has 0 aliphatic heterocycles. The zero-order valence-corrected chi connectivity index (χ0v) is 20.5. The fraction of sp³-hybridized carbons (Fsp3) is 0.207. The Hall–Kier alpha value is -4.59. The average molecular weight is 502 g/mol. The van der Waals surface area contributed by atoms with E-state index in [4.69, 9.17) is 13.9 Å². The molecule has 190 valence electrons. The van der Waals surface area contributed by atoms with Gasteiger partial charge in [-0.25, -0.2) is 9.59 Å². The van der Waals surface area contributed by atoms with Gasteiger partial charge in [-0.2, -0.15) is 0 Å². The summed E-state index contributed by atoms with van der Waals surface area (Å²) in [6.07, 6.45) is -0.178. The van der Waals surface area contributed by atoms with Crippen LogP contribution < -0.4 is 15.5 Å². The Balaban J connectivity index is 1.54. The summed E-state index contributed by atoms with van der Waals surface area (Å²) in [5, 5.41) is 13.0. The molecule has 2 atom stereocenters. The maximum atomic E-state index is 13.1. The molecule has 1 unspecified atom stereocenters. The molecule has 4 aromatic rings. The van der Waals surface area contributed by atoms with Crippen LogP contribution in [0.3, 0.4) is 0 Å². The molecule has 0 saturated carbocycles. The van der Waals surface area contributed by atoms with Gasteiger partial charge in [0.15, 0.2) is 5.43 Å². The Morgan fingerprint density at radius 2 is 1.68 bits per heavy atom. The van der Waals surface area contributed by atoms with E-state index in [1.54, 1.807) is 19.1 Å². The molecule has 0 spiro atoms. The number of phenols is 1. The van der Waals surface area contributed by atoms with Crippen molar-refractivity contribution in [1.82, 2.24) is 5.32 Å². The molecule has 2 N–H and O–H groups in total. The van der Waals surface area contributed by atoms with Gasteiger partial charge >= 0.3 is 12.1 Å². The smallest absolute Gasteiger partial charge is 0.408 e. The van der Waals surface area contributed by atoms with Crippen LogP contribution in [-0.2, 0) is 16.1 Å². The number of nitrogens with one attached hydrogen (secondary N) is 1. The maximum Gasteiger partial charge on any atom is 0.408 e. The van der Waals surface area contributed by atoms with E-state index in [1.165, 1.54) is 18.2 Å². The Bertz CT molecular complexity index is 1450. The minimum absolute atomic E-state index is 0.0272. The lowest BCUT2D eigenvalue weighted by molar-refractivity contribution is -0.138. The Morgan fingerprint density at radius 3 is 2.35 bits per heavy atom. The zero-order valence-electron chi connectivity index (χ0n) is 20.5. The van der Waals surface area contributed by atoms with Gasteiger partial charge in [0, 0.05) is 23.8 Å². The largest absolute Gasteiger partial charge is 0.507 e. The van der Waals surface area contributed by atoms with Gasteiger partial charge in [-0.1, -0.05) is 80.9 Å². The van der Waals surface area contributed by atoms with Gasteiger partial charge in [0.25, 0.3) is 0 Å². The number of carbonyl (C=O) groups is 2. The molecule has 8 nitrogen and oxygen atoms in total. The molecular weight excluding hydrogens is 474 g/mol. The summed E-state index contributed by atoms with van der Waals surface area (Å²) in [6, 6.07) is 21.0. The van der Waals surface area contributed by atoms with Crippen LogP contribution in [0.5, 0.6) is 11.5 Å². The van der Waals surface area contributed by atoms with Crippen molar-refractivity contribution in [2.45, 2.75) is 32.9 Å². The third kappa shape index (κ3) is 6.16. The second-order valence-electron chi connectivity index (χ2n) is 8.65. The number of alkyl carbamates (subject to hydrolysis) is 1. The lowest BCUT2D eigenvalue weighted by atomic mass is 9.99. The van der Waals surface area contributed by atoms with Crippen molar-refractivity contribution in [2.75, 3.05) is 0 Å². The van der Waals surface area contributed by atoms with E-state index in [0.29, 0.717) is 17.7 Å². The summed E-state index contributed by atoms with van der Waals surface area (Å²) in [5.41, 5.74) is 1.11. The molecule has 3 aromatic carbocycles. The van der Waals surface area contributed by atoms with Crippen LogP contribution in [0.15, 0.2) is 88.1 Å². The molecule has 1 amide bonds. The highest BCUT2D eigenvalue weighted by Crippen LogP contribution is 2.31. The summed E-state index contributed by atoms with van der Waals surface area (Å²) in [4.78, 5) is 38.1. The van der Waals surface area contributed by atoms with Gasteiger partial charge < -0.3 is 24.3 Å². The highest BCUT2D eigenvalue weighted by molar-refractivity contribution is 5.88. The minimum Gasteiger partial charge on any atom is -0.507 e. The van der Waals surface area contributed by atoms with Crippen LogP contribution in [0.25, 0.3) is 22.3 Å². The lowest BCUT2D eigenvalue weighted by Crippen LogP contribution is -2.47. The minimum atomic E-state index is -1.01. The second-order valence-corrected chi connectivity index (χ2v) is 8.65. The first-order chi connectivity index (χ1) is 17.9. The van der Waals surface area contributed by atoms with Crippen LogP contribution in [-0.4, -0.2) is 23.2 Å². The standard InChI is InChI=1S/C29H27NO7/c1-3-18(2)27(30-29(34)35-17-19-10-6-4-7-11-19)28(33)36-21-14-22(31)26-23(32)16-24(37-25(26)15-21)20-12-8-5-9-13-20/h4-16,18,27,31H,3,17H2,1-2H3,(H,30,34)/t18?,27-/m0/s1. The number of hydrogen-bond acceptors (Lipinski definition) is 7. The molecule has 1 heterocycles. The van der Waals surface area contributed by atoms with Crippen molar-refractivity contribution in [3.8, 4) is 22.8 Å². The van der Waals surface area contributed by atoms with Crippen molar-refractivity contribution >= 4 is 23.0 Å². The first kappa shape index (κ1) is 25.5. The van der Waals surface area contributed by atoms with Gasteiger partial charge in [-0.05, 0) is 11.5 Å². The molecule has 0 saturated heterocycles. The van der Waals surface area contributed by atoms with Crippen LogP contribution >= 0.6 is 0 Å². The van der Waals surface area contributed by atoms with E-state index in [1.807, 2.05) is 55.5 Å². The number of carbonyl (C=O) groups excluding carboxylic acids is 2. The molecular formula is C29H27NO7. The molecule has 1 aromatic heterocycles. The van der Waals surface area contributed by atoms with E-state index in [0.717, 1.165) is 5.56 Å². The molecule has 0 bridgehead atoms. The Labute approximate surface area is 213 Å². The lowest BCUT2D eigenvalue weighted by Gasteiger charge is -2.22. The van der Waals surface area contributed by atoms with E-state index in [9.17, 15) is 19.5 Å². The van der Waals surface area contributed by atoms with Crippen LogP contribution in [0.2, 0.25) is 0 Å². The fourth-order valence-corrected chi connectivity index (χ4v) is 3.79. The number of rotatable bonds is 8. The molecule has 8 heteroatoms. The number of amides is 1. The van der Waals surface area contributed by atoms with Crippen LogP contribution in [0, 0.1) is 5.92 Å². The number of ether oxygens (including phenoxy) is 2. The number of phenolic OH excluding ortho intramolecular Hbond substituents is 1. The summed E-state index contributed by atoms with van der Waals surface area (Å²) >= 11 is 0. The third-order valence-electron chi connectivity index (χ3n) is 6.01. The van der Waals surface area contributed by atoms with Gasteiger partial charge in [-0.15, -0.1) is 0 Å². The van der Waals surface area contributed by atoms with E-state index >= 15 is 0 Å². The molecule has 37 heavy (non-hydrogen) atoms. The molecule has 0 aliphatic rings. The highest BCUT2D eigenvalue weighted by Gasteiger charge is 2.29. The summed E-state index contributed by atoms with van der Waals surface area (Å²) in [7, 11) is 0. The van der Waals surface area contributed by atoms with Crippen molar-refractivity contribution in [2.24, 2.45) is 5.92 Å². The number of aromatic hydroxyl groups is 1. The highest BCUT2D eigenvalue weighted by atomic mass is 16.6. The predicted octanol–water partition coefficient (Wildman–Crippen LogP) is 5.41. The van der Waals surface area contributed by atoms with Gasteiger partial charge in [0.05, 0.1) is 0 Å². The van der Waals surface area contributed by atoms with Gasteiger partial charge in [-0.3, -0.25) is 4.79 Å². The SMILES string of the molecule is CCC(C)[C@H](NC(=O)OCc1ccccc1)C(=O)Oc1cc(O)c2c(=O)cc(-c3ccccc3)oc2c1. The van der Waals surface area contributed by atoms with E-state index in [2.05, 4.69) is 5.32 Å². The number of hydrogen-bond donors (Lipinski definition) is 2. The van der Waals surface area contributed by atoms with Crippen molar-refractivity contribution in [3.63, 3.8) is 0 Å². The van der Waals surface area contributed by atoms with Crippen molar-refractivity contribution < 1.29 is 28.6 Å². The predicted molar refractivity (Wildman–Crippen MR) is 138 cm³/mol. The van der Waals surface area contributed by atoms with Gasteiger partial charge in [0.2, 0.25) is 0 Å². The summed E-state index contributed by atoms with van der Waals surface area (Å²) < 4.78 is 16.6. The third-order valence-corrected chi connectivity index (χ3v) is 6.01. The number of esters is 1. The summed E-state index contributed by atoms with van der Waals surface area (Å²) in [5.74, 6) is -1.12. The van der Waals surface area contributed by atoms with Crippen LogP contribution in [0.4, 0.5) is 4.79 Å². The first-order valence-electron chi connectivity index (χ1n) is 11.9.